The quantitative estimate of drug-likeness (QED) is 0.905. The zero-order valence-electron chi connectivity index (χ0n) is 13.2. The first-order chi connectivity index (χ1) is 9.91. The minimum Gasteiger partial charge on any atom is -0.494 e. The second kappa shape index (κ2) is 6.58. The lowest BCUT2D eigenvalue weighted by atomic mass is 9.93. The van der Waals surface area contributed by atoms with Crippen molar-refractivity contribution in [3.8, 4) is 5.75 Å². The van der Waals surface area contributed by atoms with Crippen LogP contribution in [0.5, 0.6) is 5.75 Å². The third-order valence-electron chi connectivity index (χ3n) is 3.33. The van der Waals surface area contributed by atoms with Crippen molar-refractivity contribution in [1.29, 1.82) is 0 Å². The Kier molecular flexibility index (Phi) is 5.01. The molecule has 0 saturated carbocycles. The molecule has 0 aliphatic heterocycles. The zero-order valence-corrected chi connectivity index (χ0v) is 14.0. The molecule has 0 aliphatic rings. The molecule has 0 radical (unpaired) electrons. The first kappa shape index (κ1) is 16.0. The normalized spacial score (nSPS) is 13.2. The van der Waals surface area contributed by atoms with Gasteiger partial charge in [0.2, 0.25) is 0 Å². The molecule has 1 heterocycles. The molecule has 1 aromatic carbocycles. The molecule has 1 unspecified atom stereocenters. The third-order valence-corrected chi connectivity index (χ3v) is 4.20. The van der Waals surface area contributed by atoms with Crippen molar-refractivity contribution in [3.05, 3.63) is 45.9 Å². The Hall–Kier alpha value is -1.39. The second-order valence-corrected chi connectivity index (χ2v) is 7.10. The Morgan fingerprint density at radius 1 is 1.29 bits per heavy atom. The molecule has 0 bridgehead atoms. The van der Waals surface area contributed by atoms with E-state index in [0.717, 1.165) is 28.4 Å². The van der Waals surface area contributed by atoms with Gasteiger partial charge in [-0.05, 0) is 13.0 Å². The smallest absolute Gasteiger partial charge is 0.124 e. The summed E-state index contributed by atoms with van der Waals surface area (Å²) >= 11 is 1.69. The van der Waals surface area contributed by atoms with Crippen molar-refractivity contribution in [2.24, 2.45) is 5.73 Å². The summed E-state index contributed by atoms with van der Waals surface area (Å²) in [6.07, 6.45) is 0.741. The van der Waals surface area contributed by atoms with Crippen molar-refractivity contribution in [3.63, 3.8) is 0 Å². The monoisotopic (exact) mass is 304 g/mol. The van der Waals surface area contributed by atoms with Crippen LogP contribution in [0, 0.1) is 0 Å². The van der Waals surface area contributed by atoms with Gasteiger partial charge in [-0.15, -0.1) is 11.3 Å². The van der Waals surface area contributed by atoms with Crippen LogP contribution in [0.15, 0.2) is 29.6 Å². The van der Waals surface area contributed by atoms with Gasteiger partial charge in [0.1, 0.15) is 5.75 Å². The minimum absolute atomic E-state index is 0.0854. The highest BCUT2D eigenvalue weighted by atomic mass is 32.1. The molecule has 2 N–H and O–H groups in total. The van der Waals surface area contributed by atoms with Crippen LogP contribution in [-0.2, 0) is 11.8 Å². The molecule has 4 heteroatoms. The van der Waals surface area contributed by atoms with Gasteiger partial charge in [0, 0.05) is 28.8 Å². The number of rotatable bonds is 5. The number of benzene rings is 1. The predicted octanol–water partition coefficient (Wildman–Crippen LogP) is 4.08. The average molecular weight is 304 g/mol. The van der Waals surface area contributed by atoms with E-state index in [1.807, 2.05) is 31.2 Å². The summed E-state index contributed by atoms with van der Waals surface area (Å²) in [7, 11) is 0. The number of para-hydroxylation sites is 1. The van der Waals surface area contributed by atoms with Crippen molar-refractivity contribution in [1.82, 2.24) is 4.98 Å². The summed E-state index contributed by atoms with van der Waals surface area (Å²) in [5.41, 5.74) is 8.63. The molecule has 21 heavy (non-hydrogen) atoms. The Balaban J connectivity index is 2.14. The standard InChI is InChI=1S/C17H24N2OS/c1-5-20-14-9-7-6-8-12(14)13(18)10-16-19-15(11-21-16)17(2,3)4/h6-9,11,13H,5,10,18H2,1-4H3. The lowest BCUT2D eigenvalue weighted by molar-refractivity contribution is 0.334. The lowest BCUT2D eigenvalue weighted by Gasteiger charge is -2.16. The minimum atomic E-state index is -0.0910. The number of aromatic nitrogens is 1. The Morgan fingerprint density at radius 3 is 2.62 bits per heavy atom. The van der Waals surface area contributed by atoms with Gasteiger partial charge in [-0.3, -0.25) is 0 Å². The fraction of sp³-hybridized carbons (Fsp3) is 0.471. The molecule has 0 aliphatic carbocycles. The number of nitrogens with two attached hydrogens (primary N) is 1. The van der Waals surface area contributed by atoms with Crippen molar-refractivity contribution >= 4 is 11.3 Å². The van der Waals surface area contributed by atoms with Gasteiger partial charge < -0.3 is 10.5 Å². The molecule has 1 atom stereocenters. The van der Waals surface area contributed by atoms with Crippen LogP contribution in [0.2, 0.25) is 0 Å². The molecule has 0 saturated heterocycles. The number of hydrogen-bond donors (Lipinski definition) is 1. The highest BCUT2D eigenvalue weighted by Crippen LogP contribution is 2.29. The lowest BCUT2D eigenvalue weighted by Crippen LogP contribution is -2.16. The first-order valence-corrected chi connectivity index (χ1v) is 8.22. The summed E-state index contributed by atoms with van der Waals surface area (Å²) in [5, 5.41) is 3.22. The molecular weight excluding hydrogens is 280 g/mol. The van der Waals surface area contributed by atoms with Gasteiger partial charge in [0.25, 0.3) is 0 Å². The molecule has 0 amide bonds. The fourth-order valence-electron chi connectivity index (χ4n) is 2.12. The van der Waals surface area contributed by atoms with Crippen molar-refractivity contribution in [2.45, 2.75) is 45.6 Å². The van der Waals surface area contributed by atoms with Crippen LogP contribution in [0.25, 0.3) is 0 Å². The molecule has 0 spiro atoms. The van der Waals surface area contributed by atoms with Crippen molar-refractivity contribution in [2.75, 3.05) is 6.61 Å². The largest absolute Gasteiger partial charge is 0.494 e. The topological polar surface area (TPSA) is 48.1 Å². The number of nitrogens with zero attached hydrogens (tertiary/aromatic N) is 1. The van der Waals surface area contributed by atoms with Gasteiger partial charge in [0.15, 0.2) is 0 Å². The summed E-state index contributed by atoms with van der Waals surface area (Å²) < 4.78 is 5.66. The number of thiazole rings is 1. The second-order valence-electron chi connectivity index (χ2n) is 6.16. The van der Waals surface area contributed by atoms with E-state index in [2.05, 4.69) is 26.2 Å². The molecule has 3 nitrogen and oxygen atoms in total. The van der Waals surface area contributed by atoms with E-state index in [4.69, 9.17) is 15.5 Å². The van der Waals surface area contributed by atoms with E-state index in [1.54, 1.807) is 11.3 Å². The van der Waals surface area contributed by atoms with Gasteiger partial charge in [-0.1, -0.05) is 39.0 Å². The molecule has 1 aromatic heterocycles. The SMILES string of the molecule is CCOc1ccccc1C(N)Cc1nc(C(C)(C)C)cs1. The Labute approximate surface area is 131 Å². The third kappa shape index (κ3) is 4.05. The molecule has 0 fully saturated rings. The van der Waals surface area contributed by atoms with E-state index in [-0.39, 0.29) is 11.5 Å². The van der Waals surface area contributed by atoms with E-state index in [9.17, 15) is 0 Å². The maximum Gasteiger partial charge on any atom is 0.124 e. The van der Waals surface area contributed by atoms with E-state index >= 15 is 0 Å². The van der Waals surface area contributed by atoms with E-state index in [0.29, 0.717) is 6.61 Å². The van der Waals surface area contributed by atoms with Crippen LogP contribution in [0.1, 0.15) is 50.0 Å². The molecule has 2 rings (SSSR count). The van der Waals surface area contributed by atoms with Gasteiger partial charge in [-0.2, -0.15) is 0 Å². The Bertz CT molecular complexity index is 586. The van der Waals surface area contributed by atoms with Gasteiger partial charge >= 0.3 is 0 Å². The summed E-state index contributed by atoms with van der Waals surface area (Å²) in [6.45, 7) is 9.16. The molecular formula is C17H24N2OS. The van der Waals surface area contributed by atoms with Gasteiger partial charge in [0.05, 0.1) is 17.3 Å². The van der Waals surface area contributed by atoms with Gasteiger partial charge in [-0.25, -0.2) is 4.98 Å². The molecule has 114 valence electrons. The average Bonchev–Trinajstić information content (AvgIpc) is 2.88. The highest BCUT2D eigenvalue weighted by Gasteiger charge is 2.19. The summed E-state index contributed by atoms with van der Waals surface area (Å²) in [6, 6.07) is 7.89. The number of hydrogen-bond acceptors (Lipinski definition) is 4. The zero-order chi connectivity index (χ0) is 15.5. The maximum atomic E-state index is 6.36. The summed E-state index contributed by atoms with van der Waals surface area (Å²) in [4.78, 5) is 4.72. The van der Waals surface area contributed by atoms with Crippen LogP contribution in [0.3, 0.4) is 0 Å². The Morgan fingerprint density at radius 2 is 2.00 bits per heavy atom. The van der Waals surface area contributed by atoms with Crippen LogP contribution in [0.4, 0.5) is 0 Å². The van der Waals surface area contributed by atoms with E-state index in [1.165, 1.54) is 0 Å². The van der Waals surface area contributed by atoms with Crippen LogP contribution >= 0.6 is 11.3 Å². The predicted molar refractivity (Wildman–Crippen MR) is 89.1 cm³/mol. The fourth-order valence-corrected chi connectivity index (χ4v) is 3.20. The molecule has 2 aromatic rings. The first-order valence-electron chi connectivity index (χ1n) is 7.34. The number of ether oxygens (including phenoxy) is 1. The summed E-state index contributed by atoms with van der Waals surface area (Å²) in [5.74, 6) is 0.875. The maximum absolute atomic E-state index is 6.36. The van der Waals surface area contributed by atoms with E-state index < -0.39 is 0 Å². The highest BCUT2D eigenvalue weighted by molar-refractivity contribution is 7.09. The van der Waals surface area contributed by atoms with Crippen LogP contribution < -0.4 is 10.5 Å². The van der Waals surface area contributed by atoms with Crippen molar-refractivity contribution < 1.29 is 4.74 Å². The van der Waals surface area contributed by atoms with Crippen LogP contribution in [-0.4, -0.2) is 11.6 Å².